The molecule has 4 N–H and O–H groups in total. The number of hydrogen-bond acceptors (Lipinski definition) is 7. The van der Waals surface area contributed by atoms with Crippen LogP contribution in [0.25, 0.3) is 5.65 Å². The zero-order valence-corrected chi connectivity index (χ0v) is 15.3. The summed E-state index contributed by atoms with van der Waals surface area (Å²) in [4.78, 5) is 31.7. The minimum atomic E-state index is -0.614. The van der Waals surface area contributed by atoms with Crippen molar-refractivity contribution in [3.63, 3.8) is 0 Å². The number of urea groups is 1. The maximum Gasteiger partial charge on any atom is 0.325 e. The Morgan fingerprint density at radius 3 is 2.77 bits per heavy atom. The molecule has 26 heavy (non-hydrogen) atoms. The van der Waals surface area contributed by atoms with E-state index in [1.807, 2.05) is 0 Å². The summed E-state index contributed by atoms with van der Waals surface area (Å²) in [6, 6.07) is 1.03. The number of nitrogens with two attached hydrogens (primary N) is 1. The van der Waals surface area contributed by atoms with Gasteiger partial charge in [0.1, 0.15) is 4.88 Å². The fourth-order valence-electron chi connectivity index (χ4n) is 2.22. The van der Waals surface area contributed by atoms with Crippen molar-refractivity contribution >= 4 is 51.3 Å². The van der Waals surface area contributed by atoms with Crippen molar-refractivity contribution in [2.75, 3.05) is 17.7 Å². The van der Waals surface area contributed by atoms with E-state index >= 15 is 0 Å². The minimum absolute atomic E-state index is 0.230. The maximum atomic E-state index is 12.3. The van der Waals surface area contributed by atoms with Crippen LogP contribution in [0.3, 0.4) is 0 Å². The molecule has 0 aromatic carbocycles. The van der Waals surface area contributed by atoms with Gasteiger partial charge < -0.3 is 15.8 Å². The molecule has 3 heterocycles. The molecule has 0 aliphatic rings. The summed E-state index contributed by atoms with van der Waals surface area (Å²) >= 11 is 6.91. The number of aromatic nitrogens is 4. The fraction of sp³-hybridized carbons (Fsp3) is 0.214. The summed E-state index contributed by atoms with van der Waals surface area (Å²) in [5.41, 5.74) is 6.64. The molecule has 0 aliphatic carbocycles. The number of fused-ring (bicyclic) bond motifs is 1. The molecule has 0 unspecified atom stereocenters. The lowest BCUT2D eigenvalue weighted by molar-refractivity contribution is 0.100. The van der Waals surface area contributed by atoms with Gasteiger partial charge in [0, 0.05) is 13.2 Å². The van der Waals surface area contributed by atoms with E-state index in [0.29, 0.717) is 17.0 Å². The molecule has 0 radical (unpaired) electrons. The largest absolute Gasteiger partial charge is 0.375 e. The molecule has 0 aliphatic heterocycles. The topological polar surface area (TPSA) is 137 Å². The number of ether oxygens (including phenoxy) is 1. The molecule has 1 atom stereocenters. The van der Waals surface area contributed by atoms with Crippen molar-refractivity contribution in [1.29, 1.82) is 0 Å². The van der Waals surface area contributed by atoms with Crippen LogP contribution in [0.1, 0.15) is 28.4 Å². The third-order valence-corrected chi connectivity index (χ3v) is 4.56. The van der Waals surface area contributed by atoms with Crippen molar-refractivity contribution in [3.05, 3.63) is 34.2 Å². The van der Waals surface area contributed by atoms with Crippen molar-refractivity contribution in [1.82, 2.24) is 19.6 Å². The average molecular weight is 396 g/mol. The molecule has 0 bridgehead atoms. The predicted octanol–water partition coefficient (Wildman–Crippen LogP) is 2.29. The number of primary amides is 1. The van der Waals surface area contributed by atoms with Gasteiger partial charge in [-0.05, 0) is 6.92 Å². The number of rotatable bonds is 5. The van der Waals surface area contributed by atoms with Crippen LogP contribution in [0.15, 0.2) is 18.5 Å². The summed E-state index contributed by atoms with van der Waals surface area (Å²) in [5, 5.41) is 9.86. The van der Waals surface area contributed by atoms with Crippen molar-refractivity contribution in [2.24, 2.45) is 5.73 Å². The molecule has 10 nitrogen and oxygen atoms in total. The first-order chi connectivity index (χ1) is 12.4. The zero-order chi connectivity index (χ0) is 18.8. The number of anilines is 2. The second-order valence-corrected chi connectivity index (χ2v) is 6.56. The highest BCUT2D eigenvalue weighted by Crippen LogP contribution is 2.26. The lowest BCUT2D eigenvalue weighted by atomic mass is 10.2. The lowest BCUT2D eigenvalue weighted by Gasteiger charge is -2.16. The summed E-state index contributed by atoms with van der Waals surface area (Å²) in [6.07, 6.45) is 2.38. The average Bonchev–Trinajstić information content (AvgIpc) is 3.19. The Hall–Kier alpha value is -2.76. The van der Waals surface area contributed by atoms with Crippen LogP contribution >= 0.6 is 22.9 Å². The van der Waals surface area contributed by atoms with Crippen molar-refractivity contribution in [2.45, 2.75) is 13.0 Å². The van der Waals surface area contributed by atoms with Crippen molar-refractivity contribution < 1.29 is 14.3 Å². The Bertz CT molecular complexity index is 986. The number of hydrogen-bond donors (Lipinski definition) is 3. The summed E-state index contributed by atoms with van der Waals surface area (Å²) in [7, 11) is 1.53. The molecule has 12 heteroatoms. The van der Waals surface area contributed by atoms with Crippen LogP contribution in [0.4, 0.5) is 15.6 Å². The van der Waals surface area contributed by atoms with Gasteiger partial charge in [-0.3, -0.25) is 10.1 Å². The third kappa shape index (κ3) is 3.59. The van der Waals surface area contributed by atoms with E-state index in [-0.39, 0.29) is 15.2 Å². The predicted molar refractivity (Wildman–Crippen MR) is 96.7 cm³/mol. The fourth-order valence-corrected chi connectivity index (χ4v) is 3.06. The third-order valence-electron chi connectivity index (χ3n) is 3.45. The van der Waals surface area contributed by atoms with E-state index in [0.717, 1.165) is 11.3 Å². The number of carbonyl (C=O) groups excluding carboxylic acids is 2. The van der Waals surface area contributed by atoms with Gasteiger partial charge in [0.2, 0.25) is 0 Å². The van der Waals surface area contributed by atoms with E-state index < -0.39 is 18.0 Å². The van der Waals surface area contributed by atoms with Gasteiger partial charge in [-0.1, -0.05) is 22.9 Å². The molecule has 136 valence electrons. The summed E-state index contributed by atoms with van der Waals surface area (Å²) in [5.74, 6) is -0.614. The molecule has 3 aromatic heterocycles. The smallest absolute Gasteiger partial charge is 0.325 e. The second kappa shape index (κ2) is 7.23. The van der Waals surface area contributed by atoms with Gasteiger partial charge in [-0.2, -0.15) is 5.10 Å². The van der Waals surface area contributed by atoms with Gasteiger partial charge in [-0.15, -0.1) is 0 Å². The zero-order valence-electron chi connectivity index (χ0n) is 13.7. The SMILES string of the molecule is CO[C@@H](C)c1c(NC(=O)Nc2ncc(C(N)=O)s2)cnc2cc(Cl)nn12. The number of thiazole rings is 1. The monoisotopic (exact) mass is 395 g/mol. The molecular weight excluding hydrogens is 382 g/mol. The Morgan fingerprint density at radius 2 is 2.12 bits per heavy atom. The van der Waals surface area contributed by atoms with Gasteiger partial charge >= 0.3 is 6.03 Å². The van der Waals surface area contributed by atoms with Gasteiger partial charge in [0.25, 0.3) is 5.91 Å². The Balaban J connectivity index is 1.87. The molecule has 3 aromatic rings. The number of nitrogens with one attached hydrogen (secondary N) is 2. The van der Waals surface area contributed by atoms with Gasteiger partial charge in [-0.25, -0.2) is 19.3 Å². The number of halogens is 1. The normalized spacial score (nSPS) is 12.1. The lowest BCUT2D eigenvalue weighted by Crippen LogP contribution is -2.22. The number of methoxy groups -OCH3 is 1. The Kier molecular flexibility index (Phi) is 5.02. The molecule has 0 saturated carbocycles. The van der Waals surface area contributed by atoms with Crippen LogP contribution in [0, 0.1) is 0 Å². The molecule has 3 amide bonds. The molecule has 0 saturated heterocycles. The molecule has 0 fully saturated rings. The second-order valence-electron chi connectivity index (χ2n) is 5.15. The number of carbonyl (C=O) groups is 2. The minimum Gasteiger partial charge on any atom is -0.375 e. The first kappa shape index (κ1) is 18.0. The van der Waals surface area contributed by atoms with Crippen molar-refractivity contribution in [3.8, 4) is 0 Å². The van der Waals surface area contributed by atoms with Gasteiger partial charge in [0.05, 0.1) is 29.9 Å². The quantitative estimate of drug-likeness (QED) is 0.606. The summed E-state index contributed by atoms with van der Waals surface area (Å²) in [6.45, 7) is 1.80. The maximum absolute atomic E-state index is 12.3. The summed E-state index contributed by atoms with van der Waals surface area (Å²) < 4.78 is 6.86. The van der Waals surface area contributed by atoms with Crippen LogP contribution in [0.5, 0.6) is 0 Å². The molecule has 0 spiro atoms. The van der Waals surface area contributed by atoms with E-state index in [2.05, 4.69) is 25.7 Å². The first-order valence-electron chi connectivity index (χ1n) is 7.29. The highest BCUT2D eigenvalue weighted by Gasteiger charge is 2.19. The van der Waals surface area contributed by atoms with Crippen LogP contribution in [0.2, 0.25) is 5.15 Å². The van der Waals surface area contributed by atoms with E-state index in [1.54, 1.807) is 13.0 Å². The molecule has 3 rings (SSSR count). The van der Waals surface area contributed by atoms with E-state index in [4.69, 9.17) is 22.1 Å². The Morgan fingerprint density at radius 1 is 1.35 bits per heavy atom. The van der Waals surface area contributed by atoms with Gasteiger partial charge in [0.15, 0.2) is 15.9 Å². The highest BCUT2D eigenvalue weighted by atomic mass is 35.5. The molecular formula is C14H14ClN7O3S. The Labute approximate surface area is 156 Å². The van der Waals surface area contributed by atoms with Crippen LogP contribution in [-0.2, 0) is 4.74 Å². The standard InChI is InChI=1S/C14H14ClN7O3S/c1-6(25-2)11-7(4-17-10-3-9(15)21-22(10)11)19-13(24)20-14-18-5-8(26-14)12(16)23/h3-6H,1-2H3,(H2,16,23)(H2,18,19,20,24)/t6-/m0/s1. The van der Waals surface area contributed by atoms with E-state index in [9.17, 15) is 9.59 Å². The number of nitrogens with zero attached hydrogens (tertiary/aromatic N) is 4. The number of amides is 3. The van der Waals surface area contributed by atoms with Crippen LogP contribution in [-0.4, -0.2) is 38.6 Å². The first-order valence-corrected chi connectivity index (χ1v) is 8.49. The highest BCUT2D eigenvalue weighted by molar-refractivity contribution is 7.17. The van der Waals surface area contributed by atoms with E-state index in [1.165, 1.54) is 24.0 Å². The van der Waals surface area contributed by atoms with Crippen LogP contribution < -0.4 is 16.4 Å².